The van der Waals surface area contributed by atoms with Crippen molar-refractivity contribution in [1.29, 1.82) is 0 Å². The Morgan fingerprint density at radius 2 is 2.00 bits per heavy atom. The van der Waals surface area contributed by atoms with Crippen molar-refractivity contribution >= 4 is 28.9 Å². The third-order valence-electron chi connectivity index (χ3n) is 6.34. The summed E-state index contributed by atoms with van der Waals surface area (Å²) < 4.78 is 43.9. The summed E-state index contributed by atoms with van der Waals surface area (Å²) in [4.78, 5) is 29.3. The number of aryl methyl sites for hydroxylation is 1. The van der Waals surface area contributed by atoms with Gasteiger partial charge in [0.15, 0.2) is 0 Å². The van der Waals surface area contributed by atoms with Crippen molar-refractivity contribution in [2.45, 2.75) is 51.8 Å². The molecule has 3 aromatic rings. The summed E-state index contributed by atoms with van der Waals surface area (Å²) in [5.41, 5.74) is -1.11. The second-order valence-electron chi connectivity index (χ2n) is 9.61. The number of thiazole rings is 1. The SMILES string of the molecule is COC(=O)C1CCC(O)(c2ncc(-c3cc(Nc4nccc(C(F)(F)F)n4)cc(C)n3)s2)CC1(C)C. The highest BCUT2D eigenvalue weighted by Crippen LogP contribution is 2.51. The number of pyridine rings is 1. The van der Waals surface area contributed by atoms with Gasteiger partial charge in [0.05, 0.1) is 23.6 Å². The molecule has 2 atom stereocenters. The molecule has 0 amide bonds. The number of rotatable bonds is 5. The number of ether oxygens (including phenoxy) is 1. The topological polar surface area (TPSA) is 110 Å². The lowest BCUT2D eigenvalue weighted by Crippen LogP contribution is -2.45. The average Bonchev–Trinajstić information content (AvgIpc) is 3.29. The summed E-state index contributed by atoms with van der Waals surface area (Å²) in [6, 6.07) is 4.13. The third-order valence-corrected chi connectivity index (χ3v) is 7.55. The number of hydrogen-bond donors (Lipinski definition) is 2. The van der Waals surface area contributed by atoms with Crippen LogP contribution < -0.4 is 5.32 Å². The lowest BCUT2D eigenvalue weighted by Gasteiger charge is -2.44. The number of halogens is 3. The maximum Gasteiger partial charge on any atom is 0.433 e. The van der Waals surface area contributed by atoms with E-state index in [9.17, 15) is 23.1 Å². The van der Waals surface area contributed by atoms with Gasteiger partial charge in [0, 0.05) is 23.8 Å². The highest BCUT2D eigenvalue weighted by atomic mass is 32.1. The van der Waals surface area contributed by atoms with Crippen molar-refractivity contribution in [1.82, 2.24) is 19.9 Å². The van der Waals surface area contributed by atoms with Crippen molar-refractivity contribution in [3.63, 3.8) is 0 Å². The predicted octanol–water partition coefficient (Wildman–Crippen LogP) is 5.25. The number of carbonyl (C=O) groups is 1. The van der Waals surface area contributed by atoms with E-state index < -0.39 is 22.9 Å². The summed E-state index contributed by atoms with van der Waals surface area (Å²) in [6.45, 7) is 5.63. The van der Waals surface area contributed by atoms with Crippen molar-refractivity contribution in [3.8, 4) is 10.6 Å². The van der Waals surface area contributed by atoms with Gasteiger partial charge in [-0.15, -0.1) is 11.3 Å². The van der Waals surface area contributed by atoms with Crippen LogP contribution in [0.1, 0.15) is 49.5 Å². The van der Waals surface area contributed by atoms with E-state index in [2.05, 4.69) is 25.3 Å². The minimum absolute atomic E-state index is 0.190. The van der Waals surface area contributed by atoms with E-state index in [1.54, 1.807) is 25.3 Å². The summed E-state index contributed by atoms with van der Waals surface area (Å²) in [7, 11) is 1.36. The van der Waals surface area contributed by atoms with E-state index in [0.717, 1.165) is 12.3 Å². The van der Waals surface area contributed by atoms with Crippen LogP contribution in [0.25, 0.3) is 10.6 Å². The summed E-state index contributed by atoms with van der Waals surface area (Å²) >= 11 is 1.29. The molecule has 12 heteroatoms. The Labute approximate surface area is 210 Å². The van der Waals surface area contributed by atoms with Crippen LogP contribution >= 0.6 is 11.3 Å². The number of carbonyl (C=O) groups excluding carboxylic acids is 1. The number of esters is 1. The fourth-order valence-corrected chi connectivity index (χ4v) is 5.67. The standard InChI is InChI=1S/C24H26F3N5O3S/c1-13-9-14(31-21-28-8-6-18(32-21)24(25,26)27)10-16(30-13)17-11-29-20(36-17)23(34)7-5-15(19(33)35-4)22(2,3)12-23/h6,8-11,15,34H,5,7,12H2,1-4H3,(H,28,30,31,32). The molecule has 0 aliphatic heterocycles. The van der Waals surface area contributed by atoms with Crippen LogP contribution in [0.2, 0.25) is 0 Å². The molecular formula is C24H26F3N5O3S. The molecule has 1 fully saturated rings. The summed E-state index contributed by atoms with van der Waals surface area (Å²) in [5, 5.41) is 14.8. The van der Waals surface area contributed by atoms with Crippen molar-refractivity contribution < 1.29 is 27.8 Å². The molecule has 36 heavy (non-hydrogen) atoms. The lowest BCUT2D eigenvalue weighted by atomic mass is 9.63. The fraction of sp³-hybridized carbons (Fsp3) is 0.458. The van der Waals surface area contributed by atoms with Crippen LogP contribution in [0.3, 0.4) is 0 Å². The summed E-state index contributed by atoms with van der Waals surface area (Å²) in [5.74, 6) is -0.784. The molecule has 2 unspecified atom stereocenters. The molecule has 8 nitrogen and oxygen atoms in total. The number of nitrogens with zero attached hydrogens (tertiary/aromatic N) is 4. The predicted molar refractivity (Wildman–Crippen MR) is 127 cm³/mol. The first-order valence-corrected chi connectivity index (χ1v) is 12.1. The first-order chi connectivity index (χ1) is 16.8. The Hall–Kier alpha value is -3.12. The third kappa shape index (κ3) is 5.34. The Bertz CT molecular complexity index is 1280. The van der Waals surface area contributed by atoms with Crippen molar-refractivity contribution in [2.24, 2.45) is 11.3 Å². The van der Waals surface area contributed by atoms with Crippen LogP contribution in [0.15, 0.2) is 30.6 Å². The molecule has 0 saturated heterocycles. The van der Waals surface area contributed by atoms with E-state index in [4.69, 9.17) is 4.74 Å². The van der Waals surface area contributed by atoms with Gasteiger partial charge >= 0.3 is 12.1 Å². The average molecular weight is 522 g/mol. The number of anilines is 2. The van der Waals surface area contributed by atoms with Crippen molar-refractivity contribution in [3.05, 3.63) is 47.0 Å². The van der Waals surface area contributed by atoms with E-state index in [0.29, 0.717) is 46.2 Å². The second kappa shape index (κ2) is 9.40. The maximum absolute atomic E-state index is 13.0. The van der Waals surface area contributed by atoms with Gasteiger partial charge in [-0.05, 0) is 49.8 Å². The number of aromatic nitrogens is 4. The zero-order valence-electron chi connectivity index (χ0n) is 20.2. The largest absolute Gasteiger partial charge is 0.469 e. The molecule has 2 N–H and O–H groups in total. The molecule has 0 spiro atoms. The Morgan fingerprint density at radius 1 is 1.25 bits per heavy atom. The number of nitrogens with one attached hydrogen (secondary N) is 1. The lowest BCUT2D eigenvalue weighted by molar-refractivity contribution is -0.157. The number of aliphatic hydroxyl groups is 1. The highest BCUT2D eigenvalue weighted by molar-refractivity contribution is 7.15. The molecule has 1 aliphatic rings. The molecule has 4 rings (SSSR count). The van der Waals surface area contributed by atoms with Crippen LogP contribution in [0.5, 0.6) is 0 Å². The monoisotopic (exact) mass is 521 g/mol. The minimum Gasteiger partial charge on any atom is -0.469 e. The molecule has 3 heterocycles. The van der Waals surface area contributed by atoms with Crippen LogP contribution in [0, 0.1) is 18.3 Å². The maximum atomic E-state index is 13.0. The molecule has 1 aliphatic carbocycles. The zero-order chi connectivity index (χ0) is 26.3. The molecule has 0 radical (unpaired) electrons. The molecular weight excluding hydrogens is 495 g/mol. The number of methoxy groups -OCH3 is 1. The second-order valence-corrected chi connectivity index (χ2v) is 10.6. The minimum atomic E-state index is -4.58. The van der Waals surface area contributed by atoms with Crippen molar-refractivity contribution in [2.75, 3.05) is 12.4 Å². The Balaban J connectivity index is 1.58. The fourth-order valence-electron chi connectivity index (χ4n) is 4.68. The summed E-state index contributed by atoms with van der Waals surface area (Å²) in [6.07, 6.45) is -0.748. The van der Waals surface area contributed by atoms with Gasteiger partial charge < -0.3 is 15.2 Å². The number of alkyl halides is 3. The molecule has 192 valence electrons. The van der Waals surface area contributed by atoms with E-state index in [1.807, 2.05) is 13.8 Å². The smallest absolute Gasteiger partial charge is 0.433 e. The quantitative estimate of drug-likeness (QED) is 0.438. The van der Waals surface area contributed by atoms with E-state index in [1.165, 1.54) is 18.4 Å². The van der Waals surface area contributed by atoms with E-state index >= 15 is 0 Å². The molecule has 1 saturated carbocycles. The van der Waals surface area contributed by atoms with Gasteiger partial charge in [-0.1, -0.05) is 13.8 Å². The number of hydrogen-bond acceptors (Lipinski definition) is 9. The highest BCUT2D eigenvalue weighted by Gasteiger charge is 2.49. The van der Waals surface area contributed by atoms with Gasteiger partial charge in [-0.3, -0.25) is 9.78 Å². The van der Waals surface area contributed by atoms with Gasteiger partial charge in [0.25, 0.3) is 0 Å². The zero-order valence-corrected chi connectivity index (χ0v) is 21.0. The van der Waals surface area contributed by atoms with Gasteiger partial charge in [-0.25, -0.2) is 15.0 Å². The molecule has 3 aromatic heterocycles. The Morgan fingerprint density at radius 3 is 2.67 bits per heavy atom. The van der Waals surface area contributed by atoms with E-state index in [-0.39, 0.29) is 17.8 Å². The van der Waals surface area contributed by atoms with Crippen LogP contribution in [-0.2, 0) is 21.3 Å². The molecule has 0 aromatic carbocycles. The normalized spacial score (nSPS) is 21.7. The molecule has 0 bridgehead atoms. The van der Waals surface area contributed by atoms with Crippen LogP contribution in [0.4, 0.5) is 24.8 Å². The van der Waals surface area contributed by atoms with Gasteiger partial charge in [-0.2, -0.15) is 13.2 Å². The van der Waals surface area contributed by atoms with Gasteiger partial charge in [0.1, 0.15) is 16.3 Å². The first kappa shape index (κ1) is 26.0. The van der Waals surface area contributed by atoms with Crippen LogP contribution in [-0.4, -0.2) is 38.1 Å². The Kier molecular flexibility index (Phi) is 6.78. The van der Waals surface area contributed by atoms with Gasteiger partial charge in [0.2, 0.25) is 5.95 Å². The first-order valence-electron chi connectivity index (χ1n) is 11.2.